The zero-order chi connectivity index (χ0) is 21.8. The molecule has 0 saturated carbocycles. The van der Waals surface area contributed by atoms with E-state index in [1.165, 1.54) is 11.4 Å². The van der Waals surface area contributed by atoms with Gasteiger partial charge < -0.3 is 19.4 Å². The van der Waals surface area contributed by atoms with Crippen molar-refractivity contribution >= 4 is 43.5 Å². The summed E-state index contributed by atoms with van der Waals surface area (Å²) in [4.78, 5) is 37.8. The van der Waals surface area contributed by atoms with Crippen LogP contribution in [0.4, 0.5) is 5.69 Å². The summed E-state index contributed by atoms with van der Waals surface area (Å²) in [7, 11) is -6.31. The summed E-state index contributed by atoms with van der Waals surface area (Å²) in [5, 5.41) is 3.45. The number of aromatic nitrogens is 1. The first-order valence-corrected chi connectivity index (χ1v) is 15.1. The van der Waals surface area contributed by atoms with Crippen molar-refractivity contribution in [3.8, 4) is 0 Å². The summed E-state index contributed by atoms with van der Waals surface area (Å²) in [6.07, 6.45) is 5.03. The van der Waals surface area contributed by atoms with E-state index in [2.05, 4.69) is 23.6 Å². The molecule has 2 atom stereocenters. The number of nitrogens with zero attached hydrogens (tertiary/aromatic N) is 2. The van der Waals surface area contributed by atoms with Gasteiger partial charge in [0.2, 0.25) is 0 Å². The zero-order valence-electron chi connectivity index (χ0n) is 17.3. The monoisotopic (exact) mass is 456 g/mol. The first-order valence-electron chi connectivity index (χ1n) is 10.6. The van der Waals surface area contributed by atoms with Gasteiger partial charge in [-0.25, -0.2) is 4.79 Å². The zero-order valence-corrected chi connectivity index (χ0v) is 19.2. The Morgan fingerprint density at radius 3 is 2.87 bits per heavy atom. The molecule has 5 rings (SSSR count). The van der Waals surface area contributed by atoms with E-state index in [1.807, 2.05) is 24.3 Å². The fraction of sp³-hybridized carbons (Fsp3) is 0.364. The van der Waals surface area contributed by atoms with E-state index in [4.69, 9.17) is 9.72 Å². The lowest BCUT2D eigenvalue weighted by Gasteiger charge is -2.38. The minimum Gasteiger partial charge on any atom is -0.454 e. The molecule has 3 aliphatic heterocycles. The molecule has 2 aromatic rings. The number of rotatable bonds is 5. The second kappa shape index (κ2) is 7.41. The van der Waals surface area contributed by atoms with Gasteiger partial charge in [0.1, 0.15) is 6.10 Å². The van der Waals surface area contributed by atoms with E-state index in [-0.39, 0.29) is 18.2 Å². The number of hydrogen-bond donors (Lipinski definition) is 2. The van der Waals surface area contributed by atoms with Gasteiger partial charge in [0.05, 0.1) is 16.5 Å². The summed E-state index contributed by atoms with van der Waals surface area (Å²) < 4.78 is 16.9. The number of hydrogen-bond acceptors (Lipinski definition) is 5. The van der Waals surface area contributed by atoms with E-state index in [0.29, 0.717) is 6.42 Å². The normalized spacial score (nSPS) is 24.8. The summed E-state index contributed by atoms with van der Waals surface area (Å²) in [6.45, 7) is 3.06. The molecule has 162 valence electrons. The lowest BCUT2D eigenvalue weighted by atomic mass is 10.0. The van der Waals surface area contributed by atoms with Crippen LogP contribution in [0.2, 0.25) is 12.6 Å². The topological polar surface area (TPSA) is 100.0 Å². The van der Waals surface area contributed by atoms with E-state index < -0.39 is 15.7 Å². The van der Waals surface area contributed by atoms with Crippen molar-refractivity contribution in [2.24, 2.45) is 0 Å². The molecule has 1 aromatic heterocycles. The maximum atomic E-state index is 11.8. The molecular weight excluding hydrogens is 431 g/mol. The third-order valence-corrected chi connectivity index (χ3v) is 11.8. The highest BCUT2D eigenvalue weighted by Gasteiger charge is 2.51. The molecule has 0 fully saturated rings. The molecule has 0 aliphatic carbocycles. The summed E-state index contributed by atoms with van der Waals surface area (Å²) in [5.74, 6) is -0.299. The summed E-state index contributed by atoms with van der Waals surface area (Å²) in [5.41, 5.74) is 3.16. The molecular formula is C22H25N2O5PSi. The average Bonchev–Trinajstić information content (AvgIpc) is 2.97. The predicted molar refractivity (Wildman–Crippen MR) is 122 cm³/mol. The van der Waals surface area contributed by atoms with Gasteiger partial charge in [0.15, 0.2) is 8.07 Å². The van der Waals surface area contributed by atoms with Crippen LogP contribution >= 0.6 is 7.60 Å². The molecule has 0 bridgehead atoms. The van der Waals surface area contributed by atoms with E-state index in [9.17, 15) is 19.1 Å². The smallest absolute Gasteiger partial charge is 0.331 e. The van der Waals surface area contributed by atoms with Gasteiger partial charge in [-0.15, -0.1) is 0 Å². The Morgan fingerprint density at radius 1 is 1.26 bits per heavy atom. The van der Waals surface area contributed by atoms with Crippen LogP contribution in [0.3, 0.4) is 0 Å². The predicted octanol–water partition coefficient (Wildman–Crippen LogP) is 2.98. The highest BCUT2D eigenvalue weighted by Crippen LogP contribution is 2.45. The number of anilines is 1. The molecule has 0 spiro atoms. The van der Waals surface area contributed by atoms with Crippen molar-refractivity contribution < 1.29 is 23.9 Å². The van der Waals surface area contributed by atoms with Gasteiger partial charge in [-0.1, -0.05) is 31.2 Å². The van der Waals surface area contributed by atoms with Crippen molar-refractivity contribution in [2.75, 3.05) is 17.6 Å². The quantitative estimate of drug-likeness (QED) is 0.309. The minimum atomic E-state index is -4.00. The summed E-state index contributed by atoms with van der Waals surface area (Å²) >= 11 is 0. The SMILES string of the molecule is C[Si]1(CCCCP(=O)(O)O)C2=C3C=CC(=O)OC3CCN2c2cc3ccccc3nc21. The van der Waals surface area contributed by atoms with E-state index in [0.717, 1.165) is 52.9 Å². The molecule has 1 aromatic carbocycles. The van der Waals surface area contributed by atoms with Crippen LogP contribution in [-0.4, -0.2) is 47.6 Å². The van der Waals surface area contributed by atoms with Crippen LogP contribution in [0, 0.1) is 0 Å². The second-order valence-electron chi connectivity index (χ2n) is 8.73. The van der Waals surface area contributed by atoms with Gasteiger partial charge in [0, 0.05) is 41.5 Å². The Labute approximate surface area is 181 Å². The fourth-order valence-corrected chi connectivity index (χ4v) is 10.3. The van der Waals surface area contributed by atoms with E-state index in [1.54, 1.807) is 0 Å². The highest BCUT2D eigenvalue weighted by atomic mass is 31.2. The molecule has 7 nitrogen and oxygen atoms in total. The van der Waals surface area contributed by atoms with Crippen LogP contribution in [0.5, 0.6) is 0 Å². The molecule has 0 amide bonds. The number of unbranched alkanes of at least 4 members (excludes halogenated alkanes) is 1. The Kier molecular flexibility index (Phi) is 4.94. The average molecular weight is 457 g/mol. The van der Waals surface area contributed by atoms with E-state index >= 15 is 0 Å². The minimum absolute atomic E-state index is 0.0920. The maximum Gasteiger partial charge on any atom is 0.331 e. The van der Waals surface area contributed by atoms with Crippen molar-refractivity contribution in [2.45, 2.75) is 38.0 Å². The molecule has 9 heteroatoms. The number of pyridine rings is 1. The first-order chi connectivity index (χ1) is 14.8. The Hall–Kier alpha value is -2.25. The van der Waals surface area contributed by atoms with Gasteiger partial charge >= 0.3 is 13.6 Å². The lowest BCUT2D eigenvalue weighted by Crippen LogP contribution is -2.49. The molecule has 4 heterocycles. The van der Waals surface area contributed by atoms with Gasteiger partial charge in [-0.2, -0.15) is 0 Å². The Bertz CT molecular complexity index is 1190. The van der Waals surface area contributed by atoms with Crippen LogP contribution < -0.4 is 10.2 Å². The highest BCUT2D eigenvalue weighted by molar-refractivity contribution is 7.51. The fourth-order valence-electron chi connectivity index (χ4n) is 5.19. The number of esters is 1. The molecule has 0 radical (unpaired) electrons. The van der Waals surface area contributed by atoms with Crippen LogP contribution in [-0.2, 0) is 14.1 Å². The van der Waals surface area contributed by atoms with Crippen LogP contribution in [0.1, 0.15) is 19.3 Å². The number of carbonyl (C=O) groups is 1. The third-order valence-electron chi connectivity index (χ3n) is 6.58. The second-order valence-corrected chi connectivity index (χ2v) is 14.6. The first kappa shape index (κ1) is 20.6. The molecule has 3 aliphatic rings. The summed E-state index contributed by atoms with van der Waals surface area (Å²) in [6, 6.07) is 11.2. The van der Waals surface area contributed by atoms with Crippen molar-refractivity contribution in [3.05, 3.63) is 53.4 Å². The largest absolute Gasteiger partial charge is 0.454 e. The number of fused-ring (bicyclic) bond motifs is 5. The van der Waals surface area contributed by atoms with Gasteiger partial charge in [-0.3, -0.25) is 9.55 Å². The van der Waals surface area contributed by atoms with Crippen molar-refractivity contribution in [3.63, 3.8) is 0 Å². The van der Waals surface area contributed by atoms with Crippen LogP contribution in [0.15, 0.2) is 53.4 Å². The van der Waals surface area contributed by atoms with Crippen LogP contribution in [0.25, 0.3) is 10.9 Å². The number of benzene rings is 1. The lowest BCUT2D eigenvalue weighted by molar-refractivity contribution is -0.142. The van der Waals surface area contributed by atoms with Crippen molar-refractivity contribution in [1.29, 1.82) is 0 Å². The standard InChI is InChI=1S/C22H25N2O5PSi/c1-31(13-5-4-12-30(26,27)28)21-18(14-15-6-2-3-7-17(15)23-21)24-11-10-19-16(22(24)31)8-9-20(25)29-19/h2-3,6-9,14,19H,4-5,10-13H2,1H3,(H2,26,27,28). The Balaban J connectivity index is 1.62. The number of carbonyl (C=O) groups excluding carboxylic acids is 1. The third kappa shape index (κ3) is 3.57. The van der Waals surface area contributed by atoms with Crippen molar-refractivity contribution in [1.82, 2.24) is 4.98 Å². The molecule has 31 heavy (non-hydrogen) atoms. The molecule has 0 saturated heterocycles. The number of para-hydroxylation sites is 1. The molecule has 2 unspecified atom stereocenters. The number of ether oxygens (including phenoxy) is 1. The molecule has 2 N–H and O–H groups in total. The Morgan fingerprint density at radius 2 is 2.06 bits per heavy atom. The van der Waals surface area contributed by atoms with Gasteiger partial charge in [-0.05, 0) is 30.7 Å². The van der Waals surface area contributed by atoms with Gasteiger partial charge in [0.25, 0.3) is 0 Å². The maximum absolute atomic E-state index is 11.8.